The predicted molar refractivity (Wildman–Crippen MR) is 232 cm³/mol. The van der Waals surface area contributed by atoms with E-state index in [9.17, 15) is 0 Å². The Labute approximate surface area is 320 Å². The van der Waals surface area contributed by atoms with E-state index in [1.54, 1.807) is 0 Å². The van der Waals surface area contributed by atoms with Crippen molar-refractivity contribution in [1.82, 2.24) is 0 Å². The standard InChI is InChI=1S/C53H37NO/c1-53(2)48-17-9-7-14-43(48)44-29-23-37(32-49(44)53)35-21-27-40(28-22-35)54(50-33-38-11-3-4-12-41(38)42-13-5-6-15-45(42)50)39-25-19-34(20-26-39)36-24-30-52-47(31-36)46-16-8-10-18-51(46)55-52/h3-33H,1-2H3. The number of nitrogens with zero attached hydrogens (tertiary/aromatic N) is 1. The lowest BCUT2D eigenvalue weighted by Gasteiger charge is -2.28. The predicted octanol–water partition coefficient (Wildman–Crippen LogP) is 15.0. The zero-order chi connectivity index (χ0) is 36.7. The van der Waals surface area contributed by atoms with Gasteiger partial charge >= 0.3 is 0 Å². The third-order valence-corrected chi connectivity index (χ3v) is 11.9. The van der Waals surface area contributed by atoms with Crippen LogP contribution in [-0.4, -0.2) is 0 Å². The first kappa shape index (κ1) is 31.6. The largest absolute Gasteiger partial charge is 0.456 e. The molecule has 2 nitrogen and oxygen atoms in total. The smallest absolute Gasteiger partial charge is 0.135 e. The summed E-state index contributed by atoms with van der Waals surface area (Å²) in [7, 11) is 0. The molecular weight excluding hydrogens is 667 g/mol. The number of hydrogen-bond acceptors (Lipinski definition) is 2. The van der Waals surface area contributed by atoms with Gasteiger partial charge in [0.25, 0.3) is 0 Å². The lowest BCUT2D eigenvalue weighted by Crippen LogP contribution is -2.14. The summed E-state index contributed by atoms with van der Waals surface area (Å²) in [5.74, 6) is 0. The van der Waals surface area contributed by atoms with Crippen LogP contribution in [0.5, 0.6) is 0 Å². The molecule has 9 aromatic carbocycles. The first-order valence-corrected chi connectivity index (χ1v) is 19.1. The lowest BCUT2D eigenvalue weighted by atomic mass is 9.81. The molecule has 260 valence electrons. The van der Waals surface area contributed by atoms with Crippen LogP contribution in [-0.2, 0) is 5.41 Å². The molecule has 0 saturated heterocycles. The van der Waals surface area contributed by atoms with Gasteiger partial charge in [-0.25, -0.2) is 0 Å². The number of fused-ring (bicyclic) bond motifs is 9. The summed E-state index contributed by atoms with van der Waals surface area (Å²) >= 11 is 0. The highest BCUT2D eigenvalue weighted by Crippen LogP contribution is 2.50. The van der Waals surface area contributed by atoms with E-state index in [2.05, 4.69) is 195 Å². The monoisotopic (exact) mass is 703 g/mol. The maximum atomic E-state index is 6.13. The Morgan fingerprint density at radius 3 is 1.69 bits per heavy atom. The van der Waals surface area contributed by atoms with Crippen LogP contribution in [0.25, 0.3) is 76.9 Å². The maximum Gasteiger partial charge on any atom is 0.135 e. The van der Waals surface area contributed by atoms with E-state index in [1.165, 1.54) is 60.5 Å². The van der Waals surface area contributed by atoms with E-state index in [1.807, 2.05) is 12.1 Å². The quantitative estimate of drug-likeness (QED) is 0.166. The molecule has 0 aliphatic heterocycles. The van der Waals surface area contributed by atoms with Crippen LogP contribution in [0.4, 0.5) is 17.1 Å². The fraction of sp³-hybridized carbons (Fsp3) is 0.0566. The maximum absolute atomic E-state index is 6.13. The topological polar surface area (TPSA) is 16.4 Å². The molecule has 0 radical (unpaired) electrons. The Kier molecular flexibility index (Phi) is 6.93. The molecule has 0 N–H and O–H groups in total. The van der Waals surface area contributed by atoms with Crippen LogP contribution in [0, 0.1) is 0 Å². The Balaban J connectivity index is 1.03. The van der Waals surface area contributed by atoms with E-state index in [0.29, 0.717) is 0 Å². The van der Waals surface area contributed by atoms with Gasteiger partial charge in [0.1, 0.15) is 11.2 Å². The third kappa shape index (κ3) is 4.95. The van der Waals surface area contributed by atoms with Gasteiger partial charge < -0.3 is 9.32 Å². The van der Waals surface area contributed by atoms with Gasteiger partial charge in [-0.15, -0.1) is 0 Å². The van der Waals surface area contributed by atoms with Crippen LogP contribution < -0.4 is 4.90 Å². The van der Waals surface area contributed by atoms with Crippen LogP contribution in [0.15, 0.2) is 192 Å². The fourth-order valence-electron chi connectivity index (χ4n) is 9.04. The first-order valence-electron chi connectivity index (χ1n) is 19.1. The van der Waals surface area contributed by atoms with Gasteiger partial charge in [-0.3, -0.25) is 0 Å². The Bertz CT molecular complexity index is 3110. The second-order valence-corrected chi connectivity index (χ2v) is 15.3. The number of para-hydroxylation sites is 1. The lowest BCUT2D eigenvalue weighted by molar-refractivity contribution is 0.660. The molecule has 0 unspecified atom stereocenters. The van der Waals surface area contributed by atoms with Gasteiger partial charge in [0, 0.05) is 32.9 Å². The minimum Gasteiger partial charge on any atom is -0.456 e. The summed E-state index contributed by atoms with van der Waals surface area (Å²) in [6.07, 6.45) is 0. The molecule has 0 amide bonds. The molecule has 1 aromatic heterocycles. The van der Waals surface area contributed by atoms with Crippen molar-refractivity contribution in [2.75, 3.05) is 4.90 Å². The zero-order valence-corrected chi connectivity index (χ0v) is 30.8. The molecular formula is C53H37NO. The van der Waals surface area contributed by atoms with Crippen LogP contribution in [0.1, 0.15) is 25.0 Å². The first-order chi connectivity index (χ1) is 27.0. The van der Waals surface area contributed by atoms with E-state index < -0.39 is 0 Å². The normalized spacial score (nSPS) is 13.1. The van der Waals surface area contributed by atoms with Gasteiger partial charge in [0.15, 0.2) is 0 Å². The van der Waals surface area contributed by atoms with E-state index >= 15 is 0 Å². The molecule has 0 fully saturated rings. The van der Waals surface area contributed by atoms with Crippen molar-refractivity contribution < 1.29 is 4.42 Å². The highest BCUT2D eigenvalue weighted by atomic mass is 16.3. The summed E-state index contributed by atoms with van der Waals surface area (Å²) in [6.45, 7) is 4.69. The number of benzene rings is 9. The van der Waals surface area contributed by atoms with E-state index in [-0.39, 0.29) is 5.41 Å². The van der Waals surface area contributed by atoms with Crippen LogP contribution in [0.3, 0.4) is 0 Å². The highest BCUT2D eigenvalue weighted by Gasteiger charge is 2.35. The van der Waals surface area contributed by atoms with Gasteiger partial charge in [-0.2, -0.15) is 0 Å². The molecule has 11 rings (SSSR count). The molecule has 1 heterocycles. The molecule has 0 atom stereocenters. The molecule has 0 bridgehead atoms. The van der Waals surface area contributed by atoms with Crippen molar-refractivity contribution in [1.29, 1.82) is 0 Å². The number of hydrogen-bond donors (Lipinski definition) is 0. The number of furan rings is 1. The van der Waals surface area contributed by atoms with Crippen molar-refractivity contribution in [3.05, 3.63) is 199 Å². The van der Waals surface area contributed by atoms with Gasteiger partial charge in [-0.1, -0.05) is 147 Å². The van der Waals surface area contributed by atoms with Crippen molar-refractivity contribution in [2.45, 2.75) is 19.3 Å². The van der Waals surface area contributed by atoms with Crippen molar-refractivity contribution in [3.8, 4) is 33.4 Å². The average molecular weight is 704 g/mol. The molecule has 1 aliphatic rings. The summed E-state index contributed by atoms with van der Waals surface area (Å²) in [4.78, 5) is 2.41. The second-order valence-electron chi connectivity index (χ2n) is 15.3. The molecule has 0 saturated carbocycles. The van der Waals surface area contributed by atoms with E-state index in [4.69, 9.17) is 4.42 Å². The molecule has 2 heteroatoms. The summed E-state index contributed by atoms with van der Waals surface area (Å²) in [6, 6.07) is 68.6. The Hall–Kier alpha value is -6.90. The minimum atomic E-state index is -0.0416. The molecule has 1 aliphatic carbocycles. The zero-order valence-electron chi connectivity index (χ0n) is 30.8. The highest BCUT2D eigenvalue weighted by molar-refractivity contribution is 6.14. The number of rotatable bonds is 5. The Morgan fingerprint density at radius 2 is 0.927 bits per heavy atom. The van der Waals surface area contributed by atoms with Crippen molar-refractivity contribution in [3.63, 3.8) is 0 Å². The average Bonchev–Trinajstić information content (AvgIpc) is 3.72. The number of anilines is 3. The van der Waals surface area contributed by atoms with E-state index in [0.717, 1.165) is 44.6 Å². The molecule has 0 spiro atoms. The molecule has 55 heavy (non-hydrogen) atoms. The van der Waals surface area contributed by atoms with Crippen LogP contribution >= 0.6 is 0 Å². The Morgan fingerprint density at radius 1 is 0.382 bits per heavy atom. The minimum absolute atomic E-state index is 0.0416. The molecule has 10 aromatic rings. The van der Waals surface area contributed by atoms with Crippen LogP contribution in [0.2, 0.25) is 0 Å². The fourth-order valence-corrected chi connectivity index (χ4v) is 9.04. The SMILES string of the molecule is CC1(C)c2ccccc2-c2ccc(-c3ccc(N(c4ccc(-c5ccc6oc7ccccc7c6c5)cc4)c4cc5ccccc5c5ccccc45)cc3)cc21. The third-order valence-electron chi connectivity index (χ3n) is 11.9. The van der Waals surface area contributed by atoms with Gasteiger partial charge in [-0.05, 0) is 115 Å². The van der Waals surface area contributed by atoms with Gasteiger partial charge in [0.2, 0.25) is 0 Å². The van der Waals surface area contributed by atoms with Crippen molar-refractivity contribution >= 4 is 60.5 Å². The van der Waals surface area contributed by atoms with Crippen molar-refractivity contribution in [2.24, 2.45) is 0 Å². The summed E-state index contributed by atoms with van der Waals surface area (Å²) in [5.41, 5.74) is 15.4. The van der Waals surface area contributed by atoms with Gasteiger partial charge in [0.05, 0.1) is 5.69 Å². The summed E-state index contributed by atoms with van der Waals surface area (Å²) in [5, 5.41) is 7.22. The second kappa shape index (κ2) is 12.1. The summed E-state index contributed by atoms with van der Waals surface area (Å²) < 4.78 is 6.13.